The molecule has 0 radical (unpaired) electrons. The number of carbonyl (C=O) groups excluding carboxylic acids is 2. The first-order valence-corrected chi connectivity index (χ1v) is 9.04. The molecule has 0 aliphatic carbocycles. The maximum Gasteiger partial charge on any atom is 0.287 e. The summed E-state index contributed by atoms with van der Waals surface area (Å²) in [6.07, 6.45) is 1.74. The van der Waals surface area contributed by atoms with Crippen LogP contribution in [0.2, 0.25) is 0 Å². The summed E-state index contributed by atoms with van der Waals surface area (Å²) in [6, 6.07) is 13.4. The molecular formula is C21H24N4O2. The molecule has 0 unspecified atom stereocenters. The molecule has 6 nitrogen and oxygen atoms in total. The van der Waals surface area contributed by atoms with E-state index in [2.05, 4.69) is 15.6 Å². The van der Waals surface area contributed by atoms with Crippen LogP contribution in [0, 0.1) is 12.8 Å². The molecular weight excluding hydrogens is 340 g/mol. The Morgan fingerprint density at radius 2 is 1.89 bits per heavy atom. The van der Waals surface area contributed by atoms with Crippen molar-refractivity contribution in [2.24, 2.45) is 5.92 Å². The number of aromatic nitrogens is 2. The van der Waals surface area contributed by atoms with Gasteiger partial charge in [-0.1, -0.05) is 49.7 Å². The van der Waals surface area contributed by atoms with Gasteiger partial charge in [0.1, 0.15) is 0 Å². The van der Waals surface area contributed by atoms with Gasteiger partial charge in [-0.25, -0.2) is 4.98 Å². The SMILES string of the molecule is Cc1cccc(CNC(=O)c2nc(C(=O)NCC(C)C)c3ccccn23)c1. The number of nitrogens with one attached hydrogen (secondary N) is 2. The van der Waals surface area contributed by atoms with E-state index in [9.17, 15) is 9.59 Å². The van der Waals surface area contributed by atoms with Crippen LogP contribution in [0.1, 0.15) is 46.1 Å². The zero-order chi connectivity index (χ0) is 19.4. The molecule has 3 rings (SSSR count). The Bertz CT molecular complexity index is 975. The third-order valence-electron chi connectivity index (χ3n) is 4.17. The number of hydrogen-bond acceptors (Lipinski definition) is 3. The fourth-order valence-corrected chi connectivity index (χ4v) is 2.83. The topological polar surface area (TPSA) is 75.5 Å². The van der Waals surface area contributed by atoms with E-state index in [-0.39, 0.29) is 23.3 Å². The zero-order valence-corrected chi connectivity index (χ0v) is 15.8. The zero-order valence-electron chi connectivity index (χ0n) is 15.8. The van der Waals surface area contributed by atoms with Crippen molar-refractivity contribution in [1.29, 1.82) is 0 Å². The van der Waals surface area contributed by atoms with Crippen LogP contribution in [0.25, 0.3) is 5.52 Å². The second-order valence-corrected chi connectivity index (χ2v) is 7.02. The third kappa shape index (κ3) is 4.34. The number of rotatable bonds is 6. The number of hydrogen-bond donors (Lipinski definition) is 2. The molecule has 3 aromatic rings. The van der Waals surface area contributed by atoms with Crippen LogP contribution < -0.4 is 10.6 Å². The highest BCUT2D eigenvalue weighted by atomic mass is 16.2. The number of pyridine rings is 1. The van der Waals surface area contributed by atoms with Crippen molar-refractivity contribution < 1.29 is 9.59 Å². The molecule has 6 heteroatoms. The average molecular weight is 364 g/mol. The molecule has 27 heavy (non-hydrogen) atoms. The van der Waals surface area contributed by atoms with Crippen molar-refractivity contribution in [3.63, 3.8) is 0 Å². The van der Waals surface area contributed by atoms with Crippen LogP contribution in [0.4, 0.5) is 0 Å². The van der Waals surface area contributed by atoms with Crippen molar-refractivity contribution in [1.82, 2.24) is 20.0 Å². The van der Waals surface area contributed by atoms with Crippen molar-refractivity contribution in [2.75, 3.05) is 6.54 Å². The fourth-order valence-electron chi connectivity index (χ4n) is 2.83. The lowest BCUT2D eigenvalue weighted by molar-refractivity contribution is 0.0939. The normalized spacial score (nSPS) is 11.0. The van der Waals surface area contributed by atoms with Crippen LogP contribution in [-0.4, -0.2) is 27.7 Å². The number of aryl methyl sites for hydroxylation is 1. The lowest BCUT2D eigenvalue weighted by Crippen LogP contribution is -2.28. The molecule has 140 valence electrons. The highest BCUT2D eigenvalue weighted by Gasteiger charge is 2.21. The molecule has 0 bridgehead atoms. The molecule has 2 N–H and O–H groups in total. The standard InChI is InChI=1S/C21H24N4O2/c1-14(2)12-22-20(26)18-17-9-4-5-10-25(17)19(24-18)21(27)23-13-16-8-6-7-15(3)11-16/h4-11,14H,12-13H2,1-3H3,(H,22,26)(H,23,27). The maximum atomic E-state index is 12.7. The number of imidazole rings is 1. The summed E-state index contributed by atoms with van der Waals surface area (Å²) in [5, 5.41) is 5.74. The van der Waals surface area contributed by atoms with Crippen LogP contribution in [-0.2, 0) is 6.54 Å². The molecule has 0 saturated heterocycles. The number of amides is 2. The molecule has 2 heterocycles. The van der Waals surface area contributed by atoms with Gasteiger partial charge in [0, 0.05) is 19.3 Å². The lowest BCUT2D eigenvalue weighted by atomic mass is 10.1. The van der Waals surface area contributed by atoms with E-state index < -0.39 is 0 Å². The number of carbonyl (C=O) groups is 2. The second-order valence-electron chi connectivity index (χ2n) is 7.02. The van der Waals surface area contributed by atoms with Gasteiger partial charge in [-0.15, -0.1) is 0 Å². The Kier molecular flexibility index (Phi) is 5.54. The molecule has 0 saturated carbocycles. The minimum atomic E-state index is -0.319. The van der Waals surface area contributed by atoms with Gasteiger partial charge in [-0.05, 0) is 30.5 Å². The summed E-state index contributed by atoms with van der Waals surface area (Å²) in [4.78, 5) is 29.5. The number of benzene rings is 1. The molecule has 0 spiro atoms. The number of nitrogens with zero attached hydrogens (tertiary/aromatic N) is 2. The van der Waals surface area contributed by atoms with E-state index in [0.717, 1.165) is 11.1 Å². The summed E-state index contributed by atoms with van der Waals surface area (Å²) in [6.45, 7) is 7.01. The predicted octanol–water partition coefficient (Wildman–Crippen LogP) is 2.96. The van der Waals surface area contributed by atoms with Gasteiger partial charge in [-0.3, -0.25) is 14.0 Å². The van der Waals surface area contributed by atoms with Gasteiger partial charge in [0.05, 0.1) is 5.52 Å². The van der Waals surface area contributed by atoms with E-state index in [1.54, 1.807) is 16.7 Å². The fraction of sp³-hybridized carbons (Fsp3) is 0.286. The van der Waals surface area contributed by atoms with Crippen LogP contribution in [0.5, 0.6) is 0 Å². The van der Waals surface area contributed by atoms with E-state index in [1.165, 1.54) is 0 Å². The van der Waals surface area contributed by atoms with Crippen LogP contribution in [0.15, 0.2) is 48.7 Å². The van der Waals surface area contributed by atoms with Crippen molar-refractivity contribution >= 4 is 17.3 Å². The minimum absolute atomic E-state index is 0.202. The lowest BCUT2D eigenvalue weighted by Gasteiger charge is -2.05. The molecule has 1 aromatic carbocycles. The first-order chi connectivity index (χ1) is 13.0. The Labute approximate surface area is 158 Å². The highest BCUT2D eigenvalue weighted by molar-refractivity contribution is 6.02. The summed E-state index contributed by atoms with van der Waals surface area (Å²) in [5.41, 5.74) is 3.02. The summed E-state index contributed by atoms with van der Waals surface area (Å²) in [5.74, 6) is -0.0568. The second kappa shape index (κ2) is 8.03. The van der Waals surface area contributed by atoms with Gasteiger partial charge in [0.25, 0.3) is 11.8 Å². The first-order valence-electron chi connectivity index (χ1n) is 9.04. The van der Waals surface area contributed by atoms with Crippen molar-refractivity contribution in [3.05, 3.63) is 71.3 Å². The van der Waals surface area contributed by atoms with Crippen molar-refractivity contribution in [2.45, 2.75) is 27.3 Å². The molecule has 0 fully saturated rings. The Balaban J connectivity index is 1.83. The molecule has 2 aromatic heterocycles. The van der Waals surface area contributed by atoms with Gasteiger partial charge in [-0.2, -0.15) is 0 Å². The van der Waals surface area contributed by atoms with Crippen molar-refractivity contribution in [3.8, 4) is 0 Å². The minimum Gasteiger partial charge on any atom is -0.350 e. The van der Waals surface area contributed by atoms with Gasteiger partial charge >= 0.3 is 0 Å². The van der Waals surface area contributed by atoms with Crippen LogP contribution >= 0.6 is 0 Å². The van der Waals surface area contributed by atoms with Gasteiger partial charge in [0.2, 0.25) is 5.82 Å². The molecule has 2 amide bonds. The van der Waals surface area contributed by atoms with E-state index in [1.807, 2.05) is 57.2 Å². The summed E-state index contributed by atoms with van der Waals surface area (Å²) < 4.78 is 1.65. The third-order valence-corrected chi connectivity index (χ3v) is 4.17. The Hall–Kier alpha value is -3.15. The smallest absolute Gasteiger partial charge is 0.287 e. The Morgan fingerprint density at radius 1 is 1.07 bits per heavy atom. The van der Waals surface area contributed by atoms with Gasteiger partial charge < -0.3 is 10.6 Å². The number of fused-ring (bicyclic) bond motifs is 1. The molecule has 0 aliphatic heterocycles. The molecule has 0 atom stereocenters. The summed E-state index contributed by atoms with van der Waals surface area (Å²) in [7, 11) is 0. The molecule has 0 aliphatic rings. The highest BCUT2D eigenvalue weighted by Crippen LogP contribution is 2.14. The average Bonchev–Trinajstić information content (AvgIpc) is 3.04. The maximum absolute atomic E-state index is 12.7. The Morgan fingerprint density at radius 3 is 2.63 bits per heavy atom. The van der Waals surface area contributed by atoms with E-state index in [4.69, 9.17) is 0 Å². The van der Waals surface area contributed by atoms with E-state index in [0.29, 0.717) is 24.5 Å². The van der Waals surface area contributed by atoms with E-state index >= 15 is 0 Å². The van der Waals surface area contributed by atoms with Gasteiger partial charge in [0.15, 0.2) is 5.69 Å². The monoisotopic (exact) mass is 364 g/mol. The summed E-state index contributed by atoms with van der Waals surface area (Å²) >= 11 is 0. The largest absolute Gasteiger partial charge is 0.350 e. The first kappa shape index (κ1) is 18.6. The quantitative estimate of drug-likeness (QED) is 0.706. The van der Waals surface area contributed by atoms with Crippen LogP contribution in [0.3, 0.4) is 0 Å². The predicted molar refractivity (Wildman–Crippen MR) is 105 cm³/mol.